The maximum absolute atomic E-state index is 12.0. The fourth-order valence-electron chi connectivity index (χ4n) is 2.68. The molecule has 27 heavy (non-hydrogen) atoms. The van der Waals surface area contributed by atoms with Crippen LogP contribution in [0.1, 0.15) is 31.9 Å². The number of benzene rings is 2. The fraction of sp³-hybridized carbons (Fsp3) is 0.286. The first kappa shape index (κ1) is 19.0. The van der Waals surface area contributed by atoms with Gasteiger partial charge in [-0.2, -0.15) is 0 Å². The summed E-state index contributed by atoms with van der Waals surface area (Å²) in [4.78, 5) is 16.7. The molecule has 0 spiro atoms. The summed E-state index contributed by atoms with van der Waals surface area (Å²) in [6.07, 6.45) is 0. The number of aromatic nitrogens is 1. The molecule has 6 heteroatoms. The van der Waals surface area contributed by atoms with Crippen molar-refractivity contribution in [3.8, 4) is 11.5 Å². The van der Waals surface area contributed by atoms with E-state index >= 15 is 0 Å². The molecule has 1 amide bonds. The molecule has 0 atom stereocenters. The molecule has 0 aliphatic rings. The van der Waals surface area contributed by atoms with Crippen molar-refractivity contribution >= 4 is 40.0 Å². The van der Waals surface area contributed by atoms with Crippen LogP contribution in [-0.2, 0) is 4.79 Å². The molecule has 0 aliphatic carbocycles. The lowest BCUT2D eigenvalue weighted by atomic mass is 9.96. The van der Waals surface area contributed by atoms with E-state index in [9.17, 15) is 4.79 Å². The maximum Gasteiger partial charge on any atom is 0.231 e. The van der Waals surface area contributed by atoms with Gasteiger partial charge in [-0.05, 0) is 61.5 Å². The van der Waals surface area contributed by atoms with E-state index in [1.54, 1.807) is 0 Å². The van der Waals surface area contributed by atoms with Crippen LogP contribution in [0.15, 0.2) is 40.8 Å². The van der Waals surface area contributed by atoms with E-state index in [1.807, 2.05) is 65.0 Å². The Kier molecular flexibility index (Phi) is 5.02. The highest BCUT2D eigenvalue weighted by atomic mass is 32.1. The third kappa shape index (κ3) is 4.34. The number of aryl methyl sites for hydroxylation is 2. The second-order valence-electron chi connectivity index (χ2n) is 7.69. The zero-order valence-electron chi connectivity index (χ0n) is 16.1. The van der Waals surface area contributed by atoms with Gasteiger partial charge in [-0.1, -0.05) is 32.9 Å². The van der Waals surface area contributed by atoms with Crippen molar-refractivity contribution < 1.29 is 9.21 Å². The average Bonchev–Trinajstić information content (AvgIpc) is 2.98. The topological polar surface area (TPSA) is 67.2 Å². The molecular formula is C21H23N3O2S. The summed E-state index contributed by atoms with van der Waals surface area (Å²) < 4.78 is 5.97. The molecule has 3 rings (SSSR count). The van der Waals surface area contributed by atoms with E-state index < -0.39 is 5.41 Å². The number of rotatable bonds is 2. The minimum atomic E-state index is -0.512. The largest absolute Gasteiger partial charge is 0.436 e. The highest BCUT2D eigenvalue weighted by Gasteiger charge is 2.22. The predicted molar refractivity (Wildman–Crippen MR) is 113 cm³/mol. The molecule has 0 fully saturated rings. The van der Waals surface area contributed by atoms with Crippen molar-refractivity contribution in [3.05, 3.63) is 47.5 Å². The van der Waals surface area contributed by atoms with Crippen LogP contribution >= 0.6 is 12.2 Å². The summed E-state index contributed by atoms with van der Waals surface area (Å²) in [6.45, 7) is 9.56. The molecule has 2 aromatic carbocycles. The van der Waals surface area contributed by atoms with Crippen molar-refractivity contribution in [2.45, 2.75) is 34.6 Å². The van der Waals surface area contributed by atoms with Gasteiger partial charge in [-0.25, -0.2) is 4.98 Å². The van der Waals surface area contributed by atoms with E-state index in [0.29, 0.717) is 5.89 Å². The van der Waals surface area contributed by atoms with E-state index in [1.165, 1.54) is 0 Å². The molecule has 0 aliphatic heterocycles. The highest BCUT2D eigenvalue weighted by Crippen LogP contribution is 2.28. The highest BCUT2D eigenvalue weighted by molar-refractivity contribution is 7.80. The molecule has 3 aromatic rings. The van der Waals surface area contributed by atoms with Gasteiger partial charge in [-0.3, -0.25) is 4.79 Å². The van der Waals surface area contributed by atoms with Crippen LogP contribution in [0.3, 0.4) is 0 Å². The van der Waals surface area contributed by atoms with Crippen LogP contribution in [0, 0.1) is 19.3 Å². The van der Waals surface area contributed by atoms with Crippen molar-refractivity contribution in [1.82, 2.24) is 10.3 Å². The Labute approximate surface area is 164 Å². The minimum Gasteiger partial charge on any atom is -0.436 e. The number of anilines is 1. The maximum atomic E-state index is 12.0. The molecule has 0 saturated heterocycles. The quantitative estimate of drug-likeness (QED) is 0.614. The molecule has 1 heterocycles. The van der Waals surface area contributed by atoms with E-state index in [2.05, 4.69) is 21.7 Å². The molecule has 0 bridgehead atoms. The molecular weight excluding hydrogens is 358 g/mol. The first-order chi connectivity index (χ1) is 12.6. The van der Waals surface area contributed by atoms with Gasteiger partial charge in [0, 0.05) is 16.7 Å². The number of nitrogens with one attached hydrogen (secondary N) is 2. The van der Waals surface area contributed by atoms with Gasteiger partial charge in [0.25, 0.3) is 0 Å². The van der Waals surface area contributed by atoms with Crippen LogP contribution < -0.4 is 10.6 Å². The van der Waals surface area contributed by atoms with Crippen LogP contribution in [-0.4, -0.2) is 16.0 Å². The zero-order valence-corrected chi connectivity index (χ0v) is 17.0. The second kappa shape index (κ2) is 7.12. The lowest BCUT2D eigenvalue weighted by molar-refractivity contribution is -0.126. The summed E-state index contributed by atoms with van der Waals surface area (Å²) in [5.74, 6) is 0.410. The summed E-state index contributed by atoms with van der Waals surface area (Å²) in [7, 11) is 0. The Morgan fingerprint density at radius 1 is 1.15 bits per heavy atom. The molecule has 140 valence electrons. The molecule has 0 unspecified atom stereocenters. The third-order valence-electron chi connectivity index (χ3n) is 4.10. The number of carbonyl (C=O) groups excluding carboxylic acids is 1. The number of amides is 1. The van der Waals surface area contributed by atoms with E-state index in [0.717, 1.165) is 33.5 Å². The Morgan fingerprint density at radius 3 is 2.59 bits per heavy atom. The fourth-order valence-corrected chi connectivity index (χ4v) is 2.89. The van der Waals surface area contributed by atoms with Gasteiger partial charge >= 0.3 is 0 Å². The lowest BCUT2D eigenvalue weighted by Gasteiger charge is -2.18. The predicted octanol–water partition coefficient (Wildman–Crippen LogP) is 4.97. The van der Waals surface area contributed by atoms with Crippen molar-refractivity contribution in [2.75, 3.05) is 5.32 Å². The first-order valence-electron chi connectivity index (χ1n) is 8.74. The summed E-state index contributed by atoms with van der Waals surface area (Å²) >= 11 is 5.24. The van der Waals surface area contributed by atoms with Gasteiger partial charge < -0.3 is 15.1 Å². The van der Waals surface area contributed by atoms with Gasteiger partial charge in [-0.15, -0.1) is 0 Å². The van der Waals surface area contributed by atoms with Crippen LogP contribution in [0.25, 0.3) is 22.6 Å². The van der Waals surface area contributed by atoms with Gasteiger partial charge in [0.15, 0.2) is 10.7 Å². The number of hydrogen-bond donors (Lipinski definition) is 2. The lowest BCUT2D eigenvalue weighted by Crippen LogP contribution is -2.41. The number of hydrogen-bond acceptors (Lipinski definition) is 4. The Balaban J connectivity index is 1.83. The number of nitrogens with zero attached hydrogens (tertiary/aromatic N) is 1. The molecule has 2 N–H and O–H groups in total. The Hall–Kier alpha value is -2.73. The molecule has 0 saturated carbocycles. The minimum absolute atomic E-state index is 0.138. The number of fused-ring (bicyclic) bond motifs is 1. The van der Waals surface area contributed by atoms with Crippen molar-refractivity contribution in [3.63, 3.8) is 0 Å². The average molecular weight is 382 g/mol. The monoisotopic (exact) mass is 381 g/mol. The van der Waals surface area contributed by atoms with E-state index in [-0.39, 0.29) is 11.0 Å². The second-order valence-corrected chi connectivity index (χ2v) is 8.10. The number of oxazole rings is 1. The molecule has 5 nitrogen and oxygen atoms in total. The summed E-state index contributed by atoms with van der Waals surface area (Å²) in [6, 6.07) is 11.7. The molecule has 0 radical (unpaired) electrons. The number of thiocarbonyl (C=S) groups is 1. The Bertz CT molecular complexity index is 1030. The summed E-state index contributed by atoms with van der Waals surface area (Å²) in [5, 5.41) is 6.00. The summed E-state index contributed by atoms with van der Waals surface area (Å²) in [5.41, 5.74) is 4.91. The van der Waals surface area contributed by atoms with Gasteiger partial charge in [0.2, 0.25) is 11.8 Å². The first-order valence-corrected chi connectivity index (χ1v) is 9.15. The normalized spacial score (nSPS) is 11.4. The SMILES string of the molecule is Cc1cc(C)c2oc(-c3cccc(NC(=S)NC(=O)C(C)(C)C)c3)nc2c1. The van der Waals surface area contributed by atoms with Gasteiger partial charge in [0.1, 0.15) is 5.52 Å². The smallest absolute Gasteiger partial charge is 0.231 e. The van der Waals surface area contributed by atoms with Crippen LogP contribution in [0.2, 0.25) is 0 Å². The zero-order chi connectivity index (χ0) is 19.8. The van der Waals surface area contributed by atoms with Crippen LogP contribution in [0.5, 0.6) is 0 Å². The number of carbonyl (C=O) groups is 1. The molecule has 1 aromatic heterocycles. The standard InChI is InChI=1S/C21H23N3O2S/c1-12-9-13(2)17-16(10-12)23-18(26-17)14-7-6-8-15(11-14)22-20(27)24-19(25)21(3,4)5/h6-11H,1-5H3,(H2,22,24,25,27). The van der Waals surface area contributed by atoms with E-state index in [4.69, 9.17) is 16.6 Å². The van der Waals surface area contributed by atoms with Crippen LogP contribution in [0.4, 0.5) is 5.69 Å². The van der Waals surface area contributed by atoms with Crippen molar-refractivity contribution in [1.29, 1.82) is 0 Å². The Morgan fingerprint density at radius 2 is 1.89 bits per heavy atom. The van der Waals surface area contributed by atoms with Crippen molar-refractivity contribution in [2.24, 2.45) is 5.41 Å². The third-order valence-corrected chi connectivity index (χ3v) is 4.30. The van der Waals surface area contributed by atoms with Gasteiger partial charge in [0.05, 0.1) is 0 Å².